The minimum atomic E-state index is -0.204. The van der Waals surface area contributed by atoms with Crippen LogP contribution >= 0.6 is 0 Å². The van der Waals surface area contributed by atoms with Crippen LogP contribution in [-0.2, 0) is 5.41 Å². The summed E-state index contributed by atoms with van der Waals surface area (Å²) < 4.78 is 0. The van der Waals surface area contributed by atoms with Crippen molar-refractivity contribution in [3.63, 3.8) is 0 Å². The lowest BCUT2D eigenvalue weighted by molar-refractivity contribution is 0.150. The Bertz CT molecular complexity index is 355. The van der Waals surface area contributed by atoms with Gasteiger partial charge in [0.25, 0.3) is 0 Å². The normalized spacial score (nSPS) is 24.9. The fourth-order valence-electron chi connectivity index (χ4n) is 2.59. The summed E-state index contributed by atoms with van der Waals surface area (Å²) in [5.74, 6) is 0.834. The molecule has 0 spiro atoms. The first-order valence-corrected chi connectivity index (χ1v) is 6.01. The maximum Gasteiger partial charge on any atom is 0.0608 e. The van der Waals surface area contributed by atoms with Crippen molar-refractivity contribution in [2.24, 2.45) is 0 Å². The van der Waals surface area contributed by atoms with Gasteiger partial charge < -0.3 is 5.11 Å². The number of aliphatic hydroxyl groups is 1. The number of hydrogen-bond acceptors (Lipinski definition) is 1. The van der Waals surface area contributed by atoms with Crippen molar-refractivity contribution in [2.45, 2.75) is 50.0 Å². The van der Waals surface area contributed by atoms with Crippen molar-refractivity contribution in [1.29, 1.82) is 0 Å². The van der Waals surface area contributed by atoms with Crippen LogP contribution in [0.3, 0.4) is 0 Å². The molecule has 1 atom stereocenters. The summed E-state index contributed by atoms with van der Waals surface area (Å²) in [6.07, 6.45) is 4.81. The minimum absolute atomic E-state index is 0.0993. The molecular weight excluding hydrogens is 184 g/mol. The van der Waals surface area contributed by atoms with Crippen molar-refractivity contribution in [3.8, 4) is 0 Å². The SMILES string of the molecule is CC(O)C1(c2ccc(C3CC3)cc2)CC1. The Morgan fingerprint density at radius 3 is 2.20 bits per heavy atom. The maximum atomic E-state index is 9.79. The van der Waals surface area contributed by atoms with Crippen LogP contribution in [-0.4, -0.2) is 11.2 Å². The number of aliphatic hydroxyl groups excluding tert-OH is 1. The van der Waals surface area contributed by atoms with Crippen LogP contribution < -0.4 is 0 Å². The molecule has 1 N–H and O–H groups in total. The van der Waals surface area contributed by atoms with Crippen LogP contribution in [0, 0.1) is 0 Å². The maximum absolute atomic E-state index is 9.79. The topological polar surface area (TPSA) is 20.2 Å². The summed E-state index contributed by atoms with van der Waals surface area (Å²) in [5.41, 5.74) is 2.92. The predicted molar refractivity (Wildman–Crippen MR) is 61.0 cm³/mol. The molecule has 2 aliphatic carbocycles. The molecule has 0 bridgehead atoms. The monoisotopic (exact) mass is 202 g/mol. The summed E-state index contributed by atoms with van der Waals surface area (Å²) in [6, 6.07) is 8.98. The highest BCUT2D eigenvalue weighted by atomic mass is 16.3. The Balaban J connectivity index is 1.86. The van der Waals surface area contributed by atoms with Crippen molar-refractivity contribution in [3.05, 3.63) is 35.4 Å². The molecule has 0 aliphatic heterocycles. The molecule has 0 radical (unpaired) electrons. The van der Waals surface area contributed by atoms with Gasteiger partial charge >= 0.3 is 0 Å². The molecular formula is C14H18O. The van der Waals surface area contributed by atoms with Crippen LogP contribution in [0.4, 0.5) is 0 Å². The summed E-state index contributed by atoms with van der Waals surface area (Å²) in [5, 5.41) is 9.79. The van der Waals surface area contributed by atoms with E-state index in [2.05, 4.69) is 24.3 Å². The molecule has 1 unspecified atom stereocenters. The first kappa shape index (κ1) is 9.41. The van der Waals surface area contributed by atoms with E-state index in [4.69, 9.17) is 0 Å². The first-order chi connectivity index (χ1) is 7.22. The Kier molecular flexibility index (Phi) is 1.93. The molecule has 1 nitrogen and oxygen atoms in total. The zero-order chi connectivity index (χ0) is 10.5. The van der Waals surface area contributed by atoms with Gasteiger partial charge in [-0.25, -0.2) is 0 Å². The third kappa shape index (κ3) is 1.50. The van der Waals surface area contributed by atoms with Gasteiger partial charge in [0.15, 0.2) is 0 Å². The second-order valence-electron chi connectivity index (χ2n) is 5.23. The standard InChI is InChI=1S/C14H18O/c1-10(15)14(8-9-14)13-6-4-12(5-7-13)11-2-3-11/h4-7,10-11,15H,2-3,8-9H2,1H3. The lowest BCUT2D eigenvalue weighted by Gasteiger charge is -2.19. The molecule has 15 heavy (non-hydrogen) atoms. The average molecular weight is 202 g/mol. The highest BCUT2D eigenvalue weighted by Crippen LogP contribution is 2.51. The smallest absolute Gasteiger partial charge is 0.0608 e. The molecule has 1 aromatic carbocycles. The van der Waals surface area contributed by atoms with E-state index < -0.39 is 0 Å². The van der Waals surface area contributed by atoms with Gasteiger partial charge in [0.1, 0.15) is 0 Å². The van der Waals surface area contributed by atoms with Crippen LogP contribution in [0.5, 0.6) is 0 Å². The largest absolute Gasteiger partial charge is 0.392 e. The predicted octanol–water partition coefficient (Wildman–Crippen LogP) is 2.98. The molecule has 1 heteroatoms. The van der Waals surface area contributed by atoms with Gasteiger partial charge in [0.05, 0.1) is 6.10 Å². The third-order valence-corrected chi connectivity index (χ3v) is 4.12. The van der Waals surface area contributed by atoms with Gasteiger partial charge in [-0.3, -0.25) is 0 Å². The number of hydrogen-bond donors (Lipinski definition) is 1. The van der Waals surface area contributed by atoms with E-state index >= 15 is 0 Å². The molecule has 2 fully saturated rings. The fourth-order valence-corrected chi connectivity index (χ4v) is 2.59. The summed E-state index contributed by atoms with van der Waals surface area (Å²) in [7, 11) is 0. The Hall–Kier alpha value is -0.820. The van der Waals surface area contributed by atoms with Gasteiger partial charge in [-0.15, -0.1) is 0 Å². The van der Waals surface area contributed by atoms with Crippen molar-refractivity contribution in [1.82, 2.24) is 0 Å². The molecule has 2 aliphatic rings. The second-order valence-corrected chi connectivity index (χ2v) is 5.23. The van der Waals surface area contributed by atoms with Crippen molar-refractivity contribution >= 4 is 0 Å². The highest BCUT2D eigenvalue weighted by molar-refractivity contribution is 5.36. The molecule has 2 saturated carbocycles. The van der Waals surface area contributed by atoms with Crippen molar-refractivity contribution in [2.75, 3.05) is 0 Å². The van der Waals surface area contributed by atoms with E-state index in [0.29, 0.717) is 0 Å². The van der Waals surface area contributed by atoms with Gasteiger partial charge in [0, 0.05) is 5.41 Å². The fraction of sp³-hybridized carbons (Fsp3) is 0.571. The Morgan fingerprint density at radius 2 is 1.80 bits per heavy atom. The summed E-state index contributed by atoms with van der Waals surface area (Å²) >= 11 is 0. The van der Waals surface area contributed by atoms with E-state index in [1.807, 2.05) is 6.92 Å². The second kappa shape index (κ2) is 3.08. The molecule has 0 amide bonds. The third-order valence-electron chi connectivity index (χ3n) is 4.12. The lowest BCUT2D eigenvalue weighted by atomic mass is 9.90. The molecule has 3 rings (SSSR count). The van der Waals surface area contributed by atoms with Crippen LogP contribution in [0.2, 0.25) is 0 Å². The van der Waals surface area contributed by atoms with Crippen LogP contribution in [0.1, 0.15) is 49.7 Å². The van der Waals surface area contributed by atoms with E-state index in [-0.39, 0.29) is 11.5 Å². The highest BCUT2D eigenvalue weighted by Gasteiger charge is 2.48. The number of rotatable bonds is 3. The van der Waals surface area contributed by atoms with E-state index in [0.717, 1.165) is 18.8 Å². The Labute approximate surface area is 91.1 Å². The lowest BCUT2D eigenvalue weighted by Crippen LogP contribution is -2.22. The van der Waals surface area contributed by atoms with Gasteiger partial charge in [0.2, 0.25) is 0 Å². The molecule has 0 heterocycles. The van der Waals surface area contributed by atoms with Crippen molar-refractivity contribution < 1.29 is 5.11 Å². The quantitative estimate of drug-likeness (QED) is 0.799. The van der Waals surface area contributed by atoms with Gasteiger partial charge in [-0.05, 0) is 49.7 Å². The van der Waals surface area contributed by atoms with E-state index in [1.165, 1.54) is 24.0 Å². The average Bonchev–Trinajstić information content (AvgIpc) is 3.11. The van der Waals surface area contributed by atoms with Gasteiger partial charge in [-0.1, -0.05) is 24.3 Å². The minimum Gasteiger partial charge on any atom is -0.392 e. The summed E-state index contributed by atoms with van der Waals surface area (Å²) in [4.78, 5) is 0. The van der Waals surface area contributed by atoms with Crippen LogP contribution in [0.15, 0.2) is 24.3 Å². The van der Waals surface area contributed by atoms with Gasteiger partial charge in [-0.2, -0.15) is 0 Å². The Morgan fingerprint density at radius 1 is 1.20 bits per heavy atom. The zero-order valence-electron chi connectivity index (χ0n) is 9.24. The molecule has 0 saturated heterocycles. The molecule has 0 aromatic heterocycles. The first-order valence-electron chi connectivity index (χ1n) is 6.01. The summed E-state index contributed by atoms with van der Waals surface area (Å²) in [6.45, 7) is 1.92. The molecule has 1 aromatic rings. The zero-order valence-corrected chi connectivity index (χ0v) is 9.24. The molecule has 80 valence electrons. The van der Waals surface area contributed by atoms with E-state index in [9.17, 15) is 5.11 Å². The van der Waals surface area contributed by atoms with Crippen LogP contribution in [0.25, 0.3) is 0 Å². The number of benzene rings is 1. The van der Waals surface area contributed by atoms with E-state index in [1.54, 1.807) is 0 Å².